The maximum absolute atomic E-state index is 3.83. The van der Waals surface area contributed by atoms with E-state index < -0.39 is 0 Å². The zero-order valence-corrected chi connectivity index (χ0v) is 8.31. The molecule has 0 saturated heterocycles. The Labute approximate surface area is 83.2 Å². The molecule has 0 radical (unpaired) electrons. The lowest BCUT2D eigenvalue weighted by atomic mass is 10.2. The van der Waals surface area contributed by atoms with Gasteiger partial charge in [-0.3, -0.25) is 0 Å². The van der Waals surface area contributed by atoms with Gasteiger partial charge < -0.3 is 5.32 Å². The second-order valence-corrected chi connectivity index (χ2v) is 4.26. The first-order valence-corrected chi connectivity index (χ1v) is 5.49. The summed E-state index contributed by atoms with van der Waals surface area (Å²) in [6, 6.07) is 8.87. The summed E-state index contributed by atoms with van der Waals surface area (Å²) in [6.07, 6.45) is 3.14. The molecule has 1 aliphatic heterocycles. The number of rotatable bonds is 1. The molecule has 1 N–H and O–H groups in total. The van der Waals surface area contributed by atoms with Crippen LogP contribution in [-0.4, -0.2) is 11.8 Å². The highest BCUT2D eigenvalue weighted by Crippen LogP contribution is 2.31. The van der Waals surface area contributed by atoms with Crippen LogP contribution >= 0.6 is 11.8 Å². The molecule has 2 heteroatoms. The molecule has 1 unspecified atom stereocenters. The van der Waals surface area contributed by atoms with Crippen LogP contribution < -0.4 is 5.32 Å². The van der Waals surface area contributed by atoms with E-state index in [0.29, 0.717) is 6.04 Å². The molecule has 1 aromatic carbocycles. The predicted octanol–water partition coefficient (Wildman–Crippen LogP) is 3.15. The Kier molecular flexibility index (Phi) is 2.60. The number of para-hydroxylation sites is 1. The van der Waals surface area contributed by atoms with Crippen molar-refractivity contribution in [2.75, 3.05) is 11.1 Å². The van der Waals surface area contributed by atoms with Gasteiger partial charge in [0.2, 0.25) is 0 Å². The highest BCUT2D eigenvalue weighted by Gasteiger charge is 2.12. The van der Waals surface area contributed by atoms with Crippen LogP contribution in [0.15, 0.2) is 41.8 Å². The summed E-state index contributed by atoms with van der Waals surface area (Å²) in [5, 5.41) is 3.47. The van der Waals surface area contributed by atoms with E-state index in [-0.39, 0.29) is 0 Å². The zero-order valence-electron chi connectivity index (χ0n) is 7.49. The van der Waals surface area contributed by atoms with Gasteiger partial charge in [0.15, 0.2) is 0 Å². The summed E-state index contributed by atoms with van der Waals surface area (Å²) in [5.74, 6) is 1.17. The van der Waals surface area contributed by atoms with Crippen molar-refractivity contribution in [1.82, 2.24) is 0 Å². The lowest BCUT2D eigenvalue weighted by Crippen LogP contribution is -2.15. The van der Waals surface area contributed by atoms with Gasteiger partial charge in [-0.25, -0.2) is 0 Å². The first-order chi connectivity index (χ1) is 6.40. The van der Waals surface area contributed by atoms with E-state index >= 15 is 0 Å². The Hall–Kier alpha value is -0.890. The van der Waals surface area contributed by atoms with Crippen molar-refractivity contribution in [3.63, 3.8) is 0 Å². The molecule has 0 spiro atoms. The maximum Gasteiger partial charge on any atom is 0.0482 e. The zero-order chi connectivity index (χ0) is 9.10. The molecule has 1 atom stereocenters. The van der Waals surface area contributed by atoms with E-state index in [1.165, 1.54) is 16.3 Å². The number of nitrogens with one attached hydrogen (secondary N) is 1. The maximum atomic E-state index is 3.83. The van der Waals surface area contributed by atoms with E-state index in [0.717, 1.165) is 6.42 Å². The Bertz CT molecular complexity index is 309. The predicted molar refractivity (Wildman–Crippen MR) is 59.4 cm³/mol. The van der Waals surface area contributed by atoms with Crippen LogP contribution in [0.5, 0.6) is 0 Å². The topological polar surface area (TPSA) is 12.0 Å². The minimum Gasteiger partial charge on any atom is -0.378 e. The number of anilines is 1. The van der Waals surface area contributed by atoms with E-state index in [1.54, 1.807) is 0 Å². The van der Waals surface area contributed by atoms with Crippen LogP contribution in [0.4, 0.5) is 5.69 Å². The summed E-state index contributed by atoms with van der Waals surface area (Å²) < 4.78 is 0. The molecule has 13 heavy (non-hydrogen) atoms. The number of thioether (sulfide) groups is 1. The first kappa shape index (κ1) is 8.70. The van der Waals surface area contributed by atoms with Crippen molar-refractivity contribution in [2.24, 2.45) is 0 Å². The van der Waals surface area contributed by atoms with E-state index in [2.05, 4.69) is 36.2 Å². The molecule has 2 rings (SSSR count). The van der Waals surface area contributed by atoms with Gasteiger partial charge in [-0.05, 0) is 18.6 Å². The lowest BCUT2D eigenvalue weighted by molar-refractivity contribution is 0.849. The molecule has 1 aliphatic rings. The summed E-state index contributed by atoms with van der Waals surface area (Å²) in [7, 11) is 0. The Morgan fingerprint density at radius 1 is 1.46 bits per heavy atom. The third-order valence-corrected chi connectivity index (χ3v) is 3.31. The highest BCUT2D eigenvalue weighted by atomic mass is 32.2. The molecule has 0 aliphatic carbocycles. The second kappa shape index (κ2) is 3.88. The van der Waals surface area contributed by atoms with Crippen molar-refractivity contribution >= 4 is 17.4 Å². The van der Waals surface area contributed by atoms with Gasteiger partial charge >= 0.3 is 0 Å². The van der Waals surface area contributed by atoms with E-state index in [1.807, 2.05) is 17.8 Å². The monoisotopic (exact) mass is 191 g/mol. The minimum atomic E-state index is 0.427. The summed E-state index contributed by atoms with van der Waals surface area (Å²) in [5.41, 5.74) is 1.25. The molecule has 0 bridgehead atoms. The highest BCUT2D eigenvalue weighted by molar-refractivity contribution is 7.99. The fourth-order valence-electron chi connectivity index (χ4n) is 1.46. The third-order valence-electron chi connectivity index (χ3n) is 2.20. The average molecular weight is 191 g/mol. The second-order valence-electron chi connectivity index (χ2n) is 3.12. The molecule has 0 fully saturated rings. The van der Waals surface area contributed by atoms with Gasteiger partial charge in [-0.15, -0.1) is 18.3 Å². The number of hydrogen-bond donors (Lipinski definition) is 1. The molecule has 1 nitrogen and oxygen atoms in total. The normalized spacial score (nSPS) is 21.1. The Morgan fingerprint density at radius 3 is 3.15 bits per heavy atom. The fourth-order valence-corrected chi connectivity index (χ4v) is 2.51. The molecule has 1 aromatic rings. The molecule has 0 amide bonds. The molecular weight excluding hydrogens is 178 g/mol. The van der Waals surface area contributed by atoms with Crippen molar-refractivity contribution in [1.29, 1.82) is 0 Å². The smallest absolute Gasteiger partial charge is 0.0482 e. The van der Waals surface area contributed by atoms with Crippen LogP contribution in [0, 0.1) is 0 Å². The van der Waals surface area contributed by atoms with Crippen LogP contribution in [0.3, 0.4) is 0 Å². The number of hydrogen-bond acceptors (Lipinski definition) is 2. The van der Waals surface area contributed by atoms with Crippen LogP contribution in [0.25, 0.3) is 0 Å². The van der Waals surface area contributed by atoms with Gasteiger partial charge in [0.05, 0.1) is 0 Å². The SMILES string of the molecule is C=CC1CCSc2ccccc2N1. The van der Waals surface area contributed by atoms with Crippen molar-refractivity contribution in [3.05, 3.63) is 36.9 Å². The molecule has 68 valence electrons. The summed E-state index contributed by atoms with van der Waals surface area (Å²) in [6.45, 7) is 3.83. The van der Waals surface area contributed by atoms with Crippen molar-refractivity contribution < 1.29 is 0 Å². The first-order valence-electron chi connectivity index (χ1n) is 4.51. The Morgan fingerprint density at radius 2 is 2.31 bits per heavy atom. The standard InChI is InChI=1S/C11H13NS/c1-2-9-7-8-13-11-6-4-3-5-10(11)12-9/h2-6,9,12H,1,7-8H2. The van der Waals surface area contributed by atoms with Gasteiger partial charge in [0, 0.05) is 22.4 Å². The molecule has 0 saturated carbocycles. The van der Waals surface area contributed by atoms with Crippen LogP contribution in [0.2, 0.25) is 0 Å². The largest absolute Gasteiger partial charge is 0.378 e. The van der Waals surface area contributed by atoms with Crippen LogP contribution in [0.1, 0.15) is 6.42 Å². The van der Waals surface area contributed by atoms with Crippen molar-refractivity contribution in [3.8, 4) is 0 Å². The lowest BCUT2D eigenvalue weighted by Gasteiger charge is -2.12. The van der Waals surface area contributed by atoms with Crippen molar-refractivity contribution in [2.45, 2.75) is 17.4 Å². The van der Waals surface area contributed by atoms with Gasteiger partial charge in [-0.2, -0.15) is 0 Å². The van der Waals surface area contributed by atoms with Crippen LogP contribution in [-0.2, 0) is 0 Å². The molecular formula is C11H13NS. The van der Waals surface area contributed by atoms with Gasteiger partial charge in [0.1, 0.15) is 0 Å². The third kappa shape index (κ3) is 1.89. The van der Waals surface area contributed by atoms with Gasteiger partial charge in [0.25, 0.3) is 0 Å². The minimum absolute atomic E-state index is 0.427. The number of benzene rings is 1. The fraction of sp³-hybridized carbons (Fsp3) is 0.273. The quantitative estimate of drug-likeness (QED) is 0.684. The van der Waals surface area contributed by atoms with E-state index in [9.17, 15) is 0 Å². The average Bonchev–Trinajstić information content (AvgIpc) is 2.38. The van der Waals surface area contributed by atoms with Gasteiger partial charge in [-0.1, -0.05) is 18.2 Å². The van der Waals surface area contributed by atoms with E-state index in [4.69, 9.17) is 0 Å². The molecule has 1 heterocycles. The summed E-state index contributed by atoms with van der Waals surface area (Å²) >= 11 is 1.92. The molecule has 0 aromatic heterocycles. The summed E-state index contributed by atoms with van der Waals surface area (Å²) in [4.78, 5) is 1.35. The Balaban J connectivity index is 2.28. The number of fused-ring (bicyclic) bond motifs is 1.